The number of nitrogens with two attached hydrogens (primary N) is 1. The number of amides is 1. The zero-order valence-electron chi connectivity index (χ0n) is 13.8. The first-order valence-corrected chi connectivity index (χ1v) is 8.15. The first-order valence-electron chi connectivity index (χ1n) is 7.78. The minimum atomic E-state index is -0.650. The third kappa shape index (κ3) is 3.50. The van der Waals surface area contributed by atoms with E-state index in [4.69, 9.17) is 17.3 Å². The average molecular weight is 375 g/mol. The van der Waals surface area contributed by atoms with E-state index < -0.39 is 11.7 Å². The second-order valence-corrected chi connectivity index (χ2v) is 6.00. The molecule has 1 aromatic heterocycles. The lowest BCUT2D eigenvalue weighted by Crippen LogP contribution is -2.39. The van der Waals surface area contributed by atoms with Crippen molar-refractivity contribution in [2.24, 2.45) is 10.7 Å². The molecule has 0 bridgehead atoms. The van der Waals surface area contributed by atoms with Crippen molar-refractivity contribution in [2.45, 2.75) is 13.1 Å². The monoisotopic (exact) mass is 374 g/mol. The van der Waals surface area contributed by atoms with E-state index in [1.807, 2.05) is 4.57 Å². The van der Waals surface area contributed by atoms with Gasteiger partial charge in [0, 0.05) is 24.3 Å². The van der Waals surface area contributed by atoms with Crippen LogP contribution in [0.25, 0.3) is 5.70 Å². The Hall–Kier alpha value is -3.00. The predicted molar refractivity (Wildman–Crippen MR) is 97.0 cm³/mol. The molecule has 0 unspecified atom stereocenters. The second kappa shape index (κ2) is 7.49. The Balaban J connectivity index is 1.80. The maximum Gasteiger partial charge on any atom is 0.257 e. The molecule has 2 heterocycles. The van der Waals surface area contributed by atoms with Crippen molar-refractivity contribution in [3.05, 3.63) is 65.1 Å². The van der Waals surface area contributed by atoms with Gasteiger partial charge in [-0.2, -0.15) is 0 Å². The number of fused-ring (bicyclic) bond motifs is 1. The highest BCUT2D eigenvalue weighted by atomic mass is 35.5. The summed E-state index contributed by atoms with van der Waals surface area (Å²) in [7, 11) is 0. The van der Waals surface area contributed by atoms with E-state index >= 15 is 0 Å². The summed E-state index contributed by atoms with van der Waals surface area (Å²) >= 11 is 5.73. The van der Waals surface area contributed by atoms with Crippen LogP contribution in [-0.2, 0) is 13.1 Å². The number of hydrogen-bond acceptors (Lipinski definition) is 5. The number of rotatable bonds is 4. The number of halogens is 2. The summed E-state index contributed by atoms with van der Waals surface area (Å²) in [5.74, 6) is -0.0273. The number of allylic oxidation sites excluding steroid dienone is 1. The Labute approximate surface area is 154 Å². The van der Waals surface area contributed by atoms with Crippen LogP contribution in [0.5, 0.6) is 0 Å². The molecule has 2 aromatic rings. The lowest BCUT2D eigenvalue weighted by atomic mass is 10.1. The number of benzene rings is 1. The van der Waals surface area contributed by atoms with Crippen molar-refractivity contribution < 1.29 is 9.18 Å². The van der Waals surface area contributed by atoms with Crippen molar-refractivity contribution in [1.82, 2.24) is 19.7 Å². The van der Waals surface area contributed by atoms with Gasteiger partial charge >= 0.3 is 0 Å². The normalized spacial score (nSPS) is 14.5. The molecule has 1 aromatic carbocycles. The van der Waals surface area contributed by atoms with Gasteiger partial charge in [0.1, 0.15) is 5.82 Å². The summed E-state index contributed by atoms with van der Waals surface area (Å²) in [4.78, 5) is 18.1. The van der Waals surface area contributed by atoms with Crippen LogP contribution in [0.2, 0.25) is 5.02 Å². The molecular weight excluding hydrogens is 359 g/mol. The van der Waals surface area contributed by atoms with Crippen LogP contribution in [0.15, 0.2) is 42.0 Å². The van der Waals surface area contributed by atoms with Gasteiger partial charge in [-0.1, -0.05) is 24.3 Å². The first kappa shape index (κ1) is 17.8. The van der Waals surface area contributed by atoms with Gasteiger partial charge in [0.25, 0.3) is 5.91 Å². The maximum absolute atomic E-state index is 14.0. The second-order valence-electron chi connectivity index (χ2n) is 5.56. The van der Waals surface area contributed by atoms with Crippen LogP contribution in [0.1, 0.15) is 22.0 Å². The quantitative estimate of drug-likeness (QED) is 0.831. The Bertz CT molecular complexity index is 920. The Morgan fingerprint density at radius 1 is 1.38 bits per heavy atom. The number of hydrogen-bond donors (Lipinski definition) is 1. The number of aliphatic imine (C=N–C) groups is 1. The molecule has 0 atom stereocenters. The highest BCUT2D eigenvalue weighted by Gasteiger charge is 2.27. The summed E-state index contributed by atoms with van der Waals surface area (Å²) in [6, 6.07) is 3.98. The number of carbonyl (C=O) groups is 1. The van der Waals surface area contributed by atoms with Crippen LogP contribution >= 0.6 is 11.6 Å². The van der Waals surface area contributed by atoms with Crippen molar-refractivity contribution >= 4 is 29.4 Å². The lowest BCUT2D eigenvalue weighted by molar-refractivity contribution is 0.0702. The molecule has 2 N–H and O–H groups in total. The van der Waals surface area contributed by atoms with E-state index in [9.17, 15) is 9.18 Å². The zero-order chi connectivity index (χ0) is 18.7. The molecule has 134 valence electrons. The van der Waals surface area contributed by atoms with Crippen LogP contribution in [-0.4, -0.2) is 38.3 Å². The highest BCUT2D eigenvalue weighted by molar-refractivity contribution is 6.30. The third-order valence-electron chi connectivity index (χ3n) is 3.87. The molecule has 1 amide bonds. The van der Waals surface area contributed by atoms with Crippen LogP contribution < -0.4 is 5.73 Å². The summed E-state index contributed by atoms with van der Waals surface area (Å²) in [6.07, 6.45) is 4.49. The van der Waals surface area contributed by atoms with E-state index in [1.165, 1.54) is 35.5 Å². The summed E-state index contributed by atoms with van der Waals surface area (Å²) in [5.41, 5.74) is 6.30. The van der Waals surface area contributed by atoms with Gasteiger partial charge < -0.3 is 15.2 Å². The van der Waals surface area contributed by atoms with E-state index in [0.717, 1.165) is 6.07 Å². The van der Waals surface area contributed by atoms with E-state index in [2.05, 4.69) is 21.8 Å². The fourth-order valence-corrected chi connectivity index (χ4v) is 2.78. The number of nitrogens with zero attached hydrogens (tertiary/aromatic N) is 5. The molecule has 1 aliphatic rings. The molecule has 26 heavy (non-hydrogen) atoms. The smallest absolute Gasteiger partial charge is 0.257 e. The molecule has 1 aliphatic heterocycles. The van der Waals surface area contributed by atoms with Gasteiger partial charge in [-0.05, 0) is 18.2 Å². The standard InChI is InChI=1S/C17H16ClFN6O/c1-2-5-21-9-14(20)16-23-22-15-10-24(6-7-25(15)16)17(26)12-4-3-11(18)8-13(12)19/h2-5,8-9H,1,6-7,10,20H2/b14-9-,21-5?. The van der Waals surface area contributed by atoms with Gasteiger partial charge in [0.2, 0.25) is 0 Å². The number of aromatic nitrogens is 3. The largest absolute Gasteiger partial charge is 0.394 e. The predicted octanol–water partition coefficient (Wildman–Crippen LogP) is 2.24. The highest BCUT2D eigenvalue weighted by Crippen LogP contribution is 2.20. The van der Waals surface area contributed by atoms with Crippen molar-refractivity contribution in [3.8, 4) is 0 Å². The number of carbonyl (C=O) groups excluding carboxylic acids is 1. The molecule has 0 spiro atoms. The van der Waals surface area contributed by atoms with Gasteiger partial charge in [0.05, 0.1) is 24.0 Å². The molecule has 0 radical (unpaired) electrons. The van der Waals surface area contributed by atoms with Gasteiger partial charge in [-0.15, -0.1) is 10.2 Å². The topological polar surface area (TPSA) is 89.4 Å². The van der Waals surface area contributed by atoms with Gasteiger partial charge in [0.15, 0.2) is 11.6 Å². The van der Waals surface area contributed by atoms with E-state index in [0.29, 0.717) is 30.4 Å². The molecule has 0 aliphatic carbocycles. The van der Waals surface area contributed by atoms with Gasteiger partial charge in [-0.25, -0.2) is 4.39 Å². The fourth-order valence-electron chi connectivity index (χ4n) is 2.62. The molecule has 0 saturated heterocycles. The molecule has 7 nitrogen and oxygen atoms in total. The molecule has 3 rings (SSSR count). The Morgan fingerprint density at radius 2 is 2.19 bits per heavy atom. The molecule has 0 fully saturated rings. The summed E-state index contributed by atoms with van der Waals surface area (Å²) < 4.78 is 15.8. The van der Waals surface area contributed by atoms with E-state index in [-0.39, 0.29) is 17.1 Å². The summed E-state index contributed by atoms with van der Waals surface area (Å²) in [5, 5.41) is 8.38. The zero-order valence-corrected chi connectivity index (χ0v) is 14.5. The SMILES string of the molecule is C=CC=N/C=C(\N)c1nnc2n1CCN(C(=O)c1ccc(Cl)cc1F)C2. The van der Waals surface area contributed by atoms with E-state index in [1.54, 1.807) is 0 Å². The maximum atomic E-state index is 14.0. The van der Waals surface area contributed by atoms with Crippen LogP contribution in [0.3, 0.4) is 0 Å². The first-order chi connectivity index (χ1) is 12.5. The van der Waals surface area contributed by atoms with Crippen molar-refractivity contribution in [2.75, 3.05) is 6.54 Å². The fraction of sp³-hybridized carbons (Fsp3) is 0.176. The van der Waals surface area contributed by atoms with Crippen molar-refractivity contribution in [1.29, 1.82) is 0 Å². The third-order valence-corrected chi connectivity index (χ3v) is 4.10. The minimum absolute atomic E-state index is 0.0271. The van der Waals surface area contributed by atoms with Crippen molar-refractivity contribution in [3.63, 3.8) is 0 Å². The van der Waals surface area contributed by atoms with Crippen LogP contribution in [0.4, 0.5) is 4.39 Å². The summed E-state index contributed by atoms with van der Waals surface area (Å²) in [6.45, 7) is 4.55. The Morgan fingerprint density at radius 3 is 2.92 bits per heavy atom. The average Bonchev–Trinajstić information content (AvgIpc) is 3.04. The lowest BCUT2D eigenvalue weighted by Gasteiger charge is -2.28. The minimum Gasteiger partial charge on any atom is -0.394 e. The molecule has 0 saturated carbocycles. The molecule has 9 heteroatoms. The molecular formula is C17H16ClFN6O. The Kier molecular flexibility index (Phi) is 5.13. The van der Waals surface area contributed by atoms with Crippen LogP contribution in [0, 0.1) is 5.82 Å². The van der Waals surface area contributed by atoms with Gasteiger partial charge in [-0.3, -0.25) is 9.79 Å².